The molecule has 0 unspecified atom stereocenters. The summed E-state index contributed by atoms with van der Waals surface area (Å²) in [5, 5.41) is 0.772. The van der Waals surface area contributed by atoms with Crippen LogP contribution in [0.25, 0.3) is 0 Å². The van der Waals surface area contributed by atoms with E-state index in [-0.39, 0.29) is 15.7 Å². The minimum absolute atomic E-state index is 0.119. The van der Waals surface area contributed by atoms with Gasteiger partial charge in [0.05, 0.1) is 16.8 Å². The largest absolute Gasteiger partial charge is 0.297 e. The summed E-state index contributed by atoms with van der Waals surface area (Å²) >= 11 is 1.13. The van der Waals surface area contributed by atoms with Gasteiger partial charge in [0.15, 0.2) is 19.7 Å². The van der Waals surface area contributed by atoms with Crippen LogP contribution in [0.3, 0.4) is 0 Å². The predicted octanol–water partition coefficient (Wildman–Crippen LogP) is 1.82. The minimum atomic E-state index is -3.66. The smallest absolute Gasteiger partial charge is 0.193 e. The van der Waals surface area contributed by atoms with Crippen LogP contribution in [0.1, 0.15) is 5.56 Å². The van der Waals surface area contributed by atoms with Crippen LogP contribution >= 0.6 is 11.3 Å². The van der Waals surface area contributed by atoms with Crippen molar-refractivity contribution in [3.05, 3.63) is 53.4 Å². The lowest BCUT2D eigenvalue weighted by Crippen LogP contribution is -2.43. The number of sulfone groups is 2. The van der Waals surface area contributed by atoms with E-state index in [9.17, 15) is 16.8 Å². The van der Waals surface area contributed by atoms with Crippen LogP contribution in [0.15, 0.2) is 52.1 Å². The maximum Gasteiger partial charge on any atom is 0.193 e. The second-order valence-electron chi connectivity index (χ2n) is 6.06. The fraction of sp³-hybridized carbons (Fsp3) is 0.375. The molecule has 0 amide bonds. The van der Waals surface area contributed by atoms with Gasteiger partial charge in [-0.1, -0.05) is 36.4 Å². The van der Waals surface area contributed by atoms with Gasteiger partial charge in [0.1, 0.15) is 4.21 Å². The number of hydrogen-bond donors (Lipinski definition) is 0. The van der Waals surface area contributed by atoms with Crippen molar-refractivity contribution < 1.29 is 16.8 Å². The molecule has 0 N–H and O–H groups in total. The Morgan fingerprint density at radius 2 is 1.83 bits per heavy atom. The van der Waals surface area contributed by atoms with Crippen molar-refractivity contribution in [2.24, 2.45) is 0 Å². The van der Waals surface area contributed by atoms with Gasteiger partial charge in [-0.25, -0.2) is 16.8 Å². The monoisotopic (exact) mass is 385 g/mol. The fourth-order valence-electron chi connectivity index (χ4n) is 3.07. The molecule has 130 valence electrons. The molecule has 5 nitrogen and oxygen atoms in total. The first-order valence-corrected chi connectivity index (χ1v) is 11.8. The molecule has 1 aliphatic heterocycles. The topological polar surface area (TPSA) is 71.5 Å². The number of hydrogen-bond acceptors (Lipinski definition) is 6. The first-order valence-electron chi connectivity index (χ1n) is 7.51. The van der Waals surface area contributed by atoms with Gasteiger partial charge in [-0.05, 0) is 24.1 Å². The number of rotatable bonds is 5. The van der Waals surface area contributed by atoms with Gasteiger partial charge in [0, 0.05) is 12.6 Å². The lowest BCUT2D eigenvalue weighted by atomic mass is 10.1. The lowest BCUT2D eigenvalue weighted by Gasteiger charge is -2.28. The highest BCUT2D eigenvalue weighted by atomic mass is 32.2. The maximum atomic E-state index is 12.9. The zero-order valence-corrected chi connectivity index (χ0v) is 15.6. The Labute approximate surface area is 146 Å². The molecule has 3 rings (SSSR count). The van der Waals surface area contributed by atoms with Crippen LogP contribution in [0.5, 0.6) is 0 Å². The molecular formula is C16H19NO4S3. The molecule has 8 heteroatoms. The van der Waals surface area contributed by atoms with Crippen LogP contribution in [0.2, 0.25) is 0 Å². The van der Waals surface area contributed by atoms with Crippen molar-refractivity contribution in [3.8, 4) is 0 Å². The highest BCUT2D eigenvalue weighted by Crippen LogP contribution is 2.31. The van der Waals surface area contributed by atoms with Gasteiger partial charge in [0.25, 0.3) is 0 Å². The molecule has 1 aliphatic rings. The lowest BCUT2D eigenvalue weighted by molar-refractivity contribution is 0.255. The summed E-state index contributed by atoms with van der Waals surface area (Å²) in [5.74, 6) is -0.428. The SMILES string of the molecule is CN(Cc1ccccc1)[C@@H]1CS(=O)(=O)C[C@H]1S(=O)(=O)c1cccs1. The zero-order chi connectivity index (χ0) is 17.4. The van der Waals surface area contributed by atoms with Crippen LogP contribution < -0.4 is 0 Å². The third-order valence-corrected chi connectivity index (χ3v) is 9.84. The van der Waals surface area contributed by atoms with E-state index in [1.54, 1.807) is 24.6 Å². The molecule has 0 aliphatic carbocycles. The molecule has 1 aromatic heterocycles. The van der Waals surface area contributed by atoms with Gasteiger partial charge >= 0.3 is 0 Å². The summed E-state index contributed by atoms with van der Waals surface area (Å²) in [6.45, 7) is 0.511. The summed E-state index contributed by atoms with van der Waals surface area (Å²) in [4.78, 5) is 1.84. The normalized spacial score (nSPS) is 23.6. The van der Waals surface area contributed by atoms with Gasteiger partial charge in [-0.2, -0.15) is 0 Å². The summed E-state index contributed by atoms with van der Waals surface area (Å²) in [6, 6.07) is 12.3. The standard InChI is InChI=1S/C16H19NO4S3/c1-17(10-13-6-3-2-4-7-13)14-11-23(18,19)12-15(14)24(20,21)16-8-5-9-22-16/h2-9,14-15H,10-12H2,1H3/t14-,15-/m1/s1. The molecule has 2 aromatic rings. The maximum absolute atomic E-state index is 12.9. The van der Waals surface area contributed by atoms with E-state index in [0.29, 0.717) is 6.54 Å². The van der Waals surface area contributed by atoms with Gasteiger partial charge < -0.3 is 0 Å². The number of benzene rings is 1. The Morgan fingerprint density at radius 3 is 2.46 bits per heavy atom. The molecule has 1 fully saturated rings. The van der Waals surface area contributed by atoms with Crippen molar-refractivity contribution in [2.45, 2.75) is 22.0 Å². The summed E-state index contributed by atoms with van der Waals surface area (Å²) in [7, 11) is -5.24. The van der Waals surface area contributed by atoms with Gasteiger partial charge in [-0.15, -0.1) is 11.3 Å². The first kappa shape index (κ1) is 17.6. The van der Waals surface area contributed by atoms with Gasteiger partial charge in [-0.3, -0.25) is 4.90 Å². The van der Waals surface area contributed by atoms with E-state index in [0.717, 1.165) is 16.9 Å². The van der Waals surface area contributed by atoms with Gasteiger partial charge in [0.2, 0.25) is 0 Å². The molecule has 2 atom stereocenters. The second-order valence-corrected chi connectivity index (χ2v) is 11.6. The fourth-order valence-corrected chi connectivity index (χ4v) is 9.20. The Bertz CT molecular complexity index is 890. The Kier molecular flexibility index (Phi) is 4.83. The third kappa shape index (κ3) is 3.56. The molecule has 0 spiro atoms. The number of thiophene rings is 1. The zero-order valence-electron chi connectivity index (χ0n) is 13.2. The molecule has 0 radical (unpaired) electrons. The Balaban J connectivity index is 1.90. The molecule has 1 aromatic carbocycles. The molecule has 0 bridgehead atoms. The number of nitrogens with zero attached hydrogens (tertiary/aromatic N) is 1. The summed E-state index contributed by atoms with van der Waals surface area (Å²) < 4.78 is 50.3. The van der Waals surface area contributed by atoms with Crippen LogP contribution in [-0.2, 0) is 26.2 Å². The van der Waals surface area contributed by atoms with E-state index in [1.165, 1.54) is 0 Å². The molecule has 24 heavy (non-hydrogen) atoms. The van der Waals surface area contributed by atoms with Crippen molar-refractivity contribution >= 4 is 31.0 Å². The van der Waals surface area contributed by atoms with Crippen molar-refractivity contribution in [1.29, 1.82) is 0 Å². The quantitative estimate of drug-likeness (QED) is 0.785. The van der Waals surface area contributed by atoms with E-state index in [2.05, 4.69) is 0 Å². The highest BCUT2D eigenvalue weighted by molar-refractivity contribution is 7.97. The summed E-state index contributed by atoms with van der Waals surface area (Å²) in [5.41, 5.74) is 1.02. The molecule has 0 saturated carbocycles. The van der Waals surface area contributed by atoms with Crippen molar-refractivity contribution in [1.82, 2.24) is 4.90 Å². The highest BCUT2D eigenvalue weighted by Gasteiger charge is 2.47. The second kappa shape index (κ2) is 6.59. The Morgan fingerprint density at radius 1 is 1.12 bits per heavy atom. The van der Waals surface area contributed by atoms with Crippen LogP contribution in [0, 0.1) is 0 Å². The molecule has 2 heterocycles. The average Bonchev–Trinajstić information content (AvgIpc) is 3.16. The average molecular weight is 386 g/mol. The first-order chi connectivity index (χ1) is 11.3. The van der Waals surface area contributed by atoms with Crippen molar-refractivity contribution in [3.63, 3.8) is 0 Å². The van der Waals surface area contributed by atoms with E-state index in [4.69, 9.17) is 0 Å². The van der Waals surface area contributed by atoms with E-state index < -0.39 is 31.0 Å². The van der Waals surface area contributed by atoms with E-state index in [1.807, 2.05) is 35.2 Å². The Hall–Kier alpha value is -1.22. The van der Waals surface area contributed by atoms with Crippen molar-refractivity contribution in [2.75, 3.05) is 18.6 Å². The van der Waals surface area contributed by atoms with Crippen LogP contribution in [-0.4, -0.2) is 51.6 Å². The molecular weight excluding hydrogens is 366 g/mol. The van der Waals surface area contributed by atoms with E-state index >= 15 is 0 Å². The third-order valence-electron chi connectivity index (χ3n) is 4.29. The van der Waals surface area contributed by atoms with Crippen LogP contribution in [0.4, 0.5) is 0 Å². The molecule has 1 saturated heterocycles. The minimum Gasteiger partial charge on any atom is -0.297 e. The predicted molar refractivity (Wildman–Crippen MR) is 95.6 cm³/mol. The summed E-state index contributed by atoms with van der Waals surface area (Å²) in [6.07, 6.45) is 0.